The number of amides is 3. The van der Waals surface area contributed by atoms with Crippen LogP contribution in [0.15, 0.2) is 55.6 Å². The number of aliphatic hydroxyl groups excluding tert-OH is 1. The smallest absolute Gasteiger partial charge is 0.248 e. The molecular weight excluding hydrogens is 482 g/mol. The third-order valence-corrected chi connectivity index (χ3v) is 8.28. The molecule has 8 heteroatoms. The fraction of sp³-hybridized carbons (Fsp3) is 0.567. The quantitative estimate of drug-likeness (QED) is 0.299. The Hall–Kier alpha value is -2.97. The monoisotopic (exact) mass is 523 g/mol. The molecule has 0 aromatic heterocycles. The molecule has 38 heavy (non-hydrogen) atoms. The highest BCUT2D eigenvalue weighted by molar-refractivity contribution is 5.99. The molecule has 4 rings (SSSR count). The van der Waals surface area contributed by atoms with Crippen LogP contribution in [0.5, 0.6) is 0 Å². The summed E-state index contributed by atoms with van der Waals surface area (Å²) in [5, 5.41) is 9.13. The Morgan fingerprint density at radius 3 is 2.50 bits per heavy atom. The van der Waals surface area contributed by atoms with Gasteiger partial charge in [0.05, 0.1) is 17.9 Å². The number of likely N-dealkylation sites (tertiary alicyclic amines) is 1. The van der Waals surface area contributed by atoms with E-state index in [2.05, 4.69) is 13.2 Å². The third-order valence-electron chi connectivity index (χ3n) is 8.28. The molecule has 1 N–H and O–H groups in total. The second-order valence-electron chi connectivity index (χ2n) is 10.7. The molecule has 206 valence electrons. The summed E-state index contributed by atoms with van der Waals surface area (Å²) >= 11 is 0. The van der Waals surface area contributed by atoms with Gasteiger partial charge in [0.1, 0.15) is 11.6 Å². The molecule has 1 aromatic carbocycles. The average Bonchev–Trinajstić information content (AvgIpc) is 3.56. The molecule has 3 amide bonds. The first kappa shape index (κ1) is 28.0. The first-order valence-corrected chi connectivity index (χ1v) is 13.8. The number of rotatable bonds is 14. The highest BCUT2D eigenvalue weighted by Crippen LogP contribution is 2.59. The Balaban J connectivity index is 1.66. The molecule has 0 saturated carbocycles. The first-order chi connectivity index (χ1) is 18.4. The van der Waals surface area contributed by atoms with Crippen molar-refractivity contribution in [3.05, 3.63) is 61.2 Å². The highest BCUT2D eigenvalue weighted by atomic mass is 16.5. The van der Waals surface area contributed by atoms with Crippen LogP contribution in [0, 0.1) is 11.8 Å². The van der Waals surface area contributed by atoms with E-state index >= 15 is 0 Å². The van der Waals surface area contributed by atoms with Gasteiger partial charge in [-0.3, -0.25) is 14.4 Å². The van der Waals surface area contributed by atoms with E-state index in [1.807, 2.05) is 30.3 Å². The Morgan fingerprint density at radius 2 is 1.82 bits per heavy atom. The molecule has 3 aliphatic heterocycles. The fourth-order valence-electron chi connectivity index (χ4n) is 6.61. The van der Waals surface area contributed by atoms with E-state index in [4.69, 9.17) is 9.84 Å². The lowest BCUT2D eigenvalue weighted by molar-refractivity contribution is -0.149. The number of fused-ring (bicyclic) bond motifs is 1. The third kappa shape index (κ3) is 5.16. The van der Waals surface area contributed by atoms with Crippen LogP contribution in [0.25, 0.3) is 0 Å². The lowest BCUT2D eigenvalue weighted by atomic mass is 9.70. The van der Waals surface area contributed by atoms with Crippen molar-refractivity contribution in [2.45, 2.75) is 62.8 Å². The minimum Gasteiger partial charge on any atom is -0.396 e. The molecule has 5 atom stereocenters. The van der Waals surface area contributed by atoms with Gasteiger partial charge in [0, 0.05) is 39.8 Å². The highest BCUT2D eigenvalue weighted by Gasteiger charge is 2.74. The van der Waals surface area contributed by atoms with Crippen molar-refractivity contribution in [3.63, 3.8) is 0 Å². The summed E-state index contributed by atoms with van der Waals surface area (Å²) < 4.78 is 6.56. The van der Waals surface area contributed by atoms with Crippen LogP contribution in [-0.2, 0) is 25.7 Å². The van der Waals surface area contributed by atoms with Gasteiger partial charge in [0.25, 0.3) is 0 Å². The molecule has 3 aliphatic rings. The number of carbonyl (C=O) groups is 3. The Kier molecular flexibility index (Phi) is 9.05. The number of hydrogen-bond acceptors (Lipinski definition) is 5. The molecular formula is C30H41N3O5. The van der Waals surface area contributed by atoms with Gasteiger partial charge in [0.15, 0.2) is 0 Å². The van der Waals surface area contributed by atoms with E-state index in [1.54, 1.807) is 33.9 Å². The Labute approximate surface area is 225 Å². The van der Waals surface area contributed by atoms with E-state index in [9.17, 15) is 14.4 Å². The first-order valence-electron chi connectivity index (χ1n) is 13.8. The second kappa shape index (κ2) is 12.3. The van der Waals surface area contributed by atoms with Crippen molar-refractivity contribution in [2.24, 2.45) is 11.8 Å². The largest absolute Gasteiger partial charge is 0.396 e. The van der Waals surface area contributed by atoms with Gasteiger partial charge in [-0.25, -0.2) is 0 Å². The standard InChI is InChI=1S/C30H41N3O5/c1-4-17-31(3)27(35)24-23-15-16-30(38-23)25(24)28(36)33(19-11-6-7-12-20-34)26(30)29(37)32(18-5-2)21-22-13-9-8-10-14-22/h4-5,8-10,13-14,23-26,34H,1-2,6-7,11-12,15-21H2,3H3/t23-,24+,25+,26?,30?/m1/s1. The van der Waals surface area contributed by atoms with Crippen molar-refractivity contribution in [1.82, 2.24) is 14.7 Å². The van der Waals surface area contributed by atoms with Gasteiger partial charge in [-0.15, -0.1) is 13.2 Å². The lowest BCUT2D eigenvalue weighted by Crippen LogP contribution is -2.56. The minimum absolute atomic E-state index is 0.127. The average molecular weight is 524 g/mol. The van der Waals surface area contributed by atoms with Gasteiger partial charge in [-0.1, -0.05) is 55.3 Å². The molecule has 8 nitrogen and oxygen atoms in total. The number of benzene rings is 1. The predicted octanol–water partition coefficient (Wildman–Crippen LogP) is 2.77. The van der Waals surface area contributed by atoms with Crippen molar-refractivity contribution in [1.29, 1.82) is 0 Å². The summed E-state index contributed by atoms with van der Waals surface area (Å²) in [7, 11) is 1.72. The predicted molar refractivity (Wildman–Crippen MR) is 145 cm³/mol. The topological polar surface area (TPSA) is 90.4 Å². The number of carbonyl (C=O) groups excluding carboxylic acids is 3. The number of hydrogen-bond donors (Lipinski definition) is 1. The zero-order valence-corrected chi connectivity index (χ0v) is 22.5. The molecule has 3 fully saturated rings. The van der Waals surface area contributed by atoms with Crippen molar-refractivity contribution < 1.29 is 24.2 Å². The fourth-order valence-corrected chi connectivity index (χ4v) is 6.61. The van der Waals surface area contributed by atoms with Crippen molar-refractivity contribution in [2.75, 3.05) is 33.3 Å². The lowest BCUT2D eigenvalue weighted by Gasteiger charge is -2.37. The minimum atomic E-state index is -1.00. The molecule has 0 aliphatic carbocycles. The van der Waals surface area contributed by atoms with Crippen LogP contribution in [0.2, 0.25) is 0 Å². The number of unbranched alkanes of at least 4 members (excludes halogenated alkanes) is 3. The zero-order valence-electron chi connectivity index (χ0n) is 22.5. The summed E-state index contributed by atoms with van der Waals surface area (Å²) in [6.07, 6.45) is 7.36. The maximum absolute atomic E-state index is 14.3. The summed E-state index contributed by atoms with van der Waals surface area (Å²) in [5.41, 5.74) is -0.0116. The van der Waals surface area contributed by atoms with Gasteiger partial charge in [0.2, 0.25) is 17.7 Å². The number of nitrogens with zero attached hydrogens (tertiary/aromatic N) is 3. The van der Waals surface area contributed by atoms with Gasteiger partial charge in [-0.05, 0) is 31.2 Å². The number of ether oxygens (including phenoxy) is 1. The summed E-state index contributed by atoms with van der Waals surface area (Å²) in [4.78, 5) is 46.9. The molecule has 2 bridgehead atoms. The van der Waals surface area contributed by atoms with E-state index in [0.717, 1.165) is 24.8 Å². The van der Waals surface area contributed by atoms with Crippen LogP contribution in [-0.4, -0.2) is 88.6 Å². The van der Waals surface area contributed by atoms with Crippen LogP contribution < -0.4 is 0 Å². The van der Waals surface area contributed by atoms with Crippen LogP contribution in [0.3, 0.4) is 0 Å². The van der Waals surface area contributed by atoms with Crippen LogP contribution >= 0.6 is 0 Å². The number of aliphatic hydroxyl groups is 1. The number of likely N-dealkylation sites (N-methyl/N-ethyl adjacent to an activating group) is 1. The van der Waals surface area contributed by atoms with Crippen molar-refractivity contribution >= 4 is 17.7 Å². The van der Waals surface area contributed by atoms with E-state index < -0.39 is 23.5 Å². The van der Waals surface area contributed by atoms with Gasteiger partial charge < -0.3 is 24.5 Å². The SMILES string of the molecule is C=CCN(C)C(=O)[C@@H]1[C@H]2C(=O)N(CCCCCCO)C(C(=O)N(CC=C)Cc3ccccc3)C23CC[C@H]1O3. The maximum Gasteiger partial charge on any atom is 0.248 e. The van der Waals surface area contributed by atoms with Crippen LogP contribution in [0.4, 0.5) is 0 Å². The Morgan fingerprint density at radius 1 is 1.11 bits per heavy atom. The molecule has 3 heterocycles. The molecule has 0 radical (unpaired) electrons. The van der Waals surface area contributed by atoms with Crippen molar-refractivity contribution in [3.8, 4) is 0 Å². The van der Waals surface area contributed by atoms with Gasteiger partial charge >= 0.3 is 0 Å². The zero-order chi connectivity index (χ0) is 27.3. The summed E-state index contributed by atoms with van der Waals surface area (Å²) in [5.74, 6) is -1.71. The van der Waals surface area contributed by atoms with E-state index in [1.165, 1.54) is 0 Å². The van der Waals surface area contributed by atoms with E-state index in [-0.39, 0.29) is 30.4 Å². The second-order valence-corrected chi connectivity index (χ2v) is 10.7. The van der Waals surface area contributed by atoms with E-state index in [0.29, 0.717) is 45.4 Å². The molecule has 1 spiro atoms. The summed E-state index contributed by atoms with van der Waals surface area (Å²) in [6, 6.07) is 8.99. The molecule has 3 saturated heterocycles. The Bertz CT molecular complexity index is 1030. The van der Waals surface area contributed by atoms with Gasteiger partial charge in [-0.2, -0.15) is 0 Å². The normalized spacial score (nSPS) is 27.3. The van der Waals surface area contributed by atoms with Crippen LogP contribution in [0.1, 0.15) is 44.1 Å². The summed E-state index contributed by atoms with van der Waals surface area (Å²) in [6.45, 7) is 9.29. The maximum atomic E-state index is 14.3. The molecule has 2 unspecified atom stereocenters. The molecule has 1 aromatic rings.